The number of aliphatic hydroxyl groups excluding tert-OH is 1. The Morgan fingerprint density at radius 3 is 1.77 bits per heavy atom. The summed E-state index contributed by atoms with van der Waals surface area (Å²) in [5.41, 5.74) is 9.10. The Labute approximate surface area is 308 Å². The van der Waals surface area contributed by atoms with E-state index in [0.29, 0.717) is 33.0 Å². The van der Waals surface area contributed by atoms with Crippen molar-refractivity contribution >= 4 is 10.9 Å². The van der Waals surface area contributed by atoms with Crippen LogP contribution in [0.1, 0.15) is 61.3 Å². The Morgan fingerprint density at radius 2 is 1.15 bits per heavy atom. The second kappa shape index (κ2) is 19.3. The van der Waals surface area contributed by atoms with Crippen LogP contribution in [0, 0.1) is 0 Å². The highest BCUT2D eigenvalue weighted by Crippen LogP contribution is 2.48. The molecule has 0 saturated heterocycles. The molecule has 8 heteroatoms. The molecule has 1 aliphatic rings. The third-order valence-electron chi connectivity index (χ3n) is 10.0. The van der Waals surface area contributed by atoms with E-state index in [1.807, 2.05) is 122 Å². The molecule has 1 saturated carbocycles. The molecule has 4 aromatic carbocycles. The monoisotopic (exact) mass is 706 g/mol. The summed E-state index contributed by atoms with van der Waals surface area (Å²) in [5.74, 6) is 0. The number of H-pyrrole nitrogens is 1. The van der Waals surface area contributed by atoms with Gasteiger partial charge in [0, 0.05) is 35.9 Å². The lowest BCUT2D eigenvalue weighted by Crippen LogP contribution is -2.71. The molecule has 0 radical (unpaired) electrons. The molecule has 0 spiro atoms. The molecule has 0 amide bonds. The van der Waals surface area contributed by atoms with Gasteiger partial charge in [0.25, 0.3) is 0 Å². The SMILES string of the molecule is CCOC1(c2c[nH]c3ccccc23)C(O)C(OCCCCCCCN)C(OCc2ccccc2)C(OCc2ccccc2)C1OCc1ccccc1. The van der Waals surface area contributed by atoms with Gasteiger partial charge >= 0.3 is 0 Å². The van der Waals surface area contributed by atoms with Gasteiger partial charge in [0.15, 0.2) is 5.60 Å². The van der Waals surface area contributed by atoms with Gasteiger partial charge in [-0.2, -0.15) is 0 Å². The van der Waals surface area contributed by atoms with Gasteiger partial charge in [0.05, 0.1) is 19.8 Å². The van der Waals surface area contributed by atoms with Crippen molar-refractivity contribution in [2.24, 2.45) is 5.73 Å². The van der Waals surface area contributed by atoms with E-state index in [1.54, 1.807) is 0 Å². The van der Waals surface area contributed by atoms with Crippen LogP contribution < -0.4 is 5.73 Å². The topological polar surface area (TPSA) is 108 Å². The van der Waals surface area contributed by atoms with E-state index in [2.05, 4.69) is 11.1 Å². The maximum absolute atomic E-state index is 13.0. The molecule has 6 atom stereocenters. The molecule has 0 bridgehead atoms. The van der Waals surface area contributed by atoms with Crippen molar-refractivity contribution in [2.75, 3.05) is 19.8 Å². The molecule has 0 aliphatic heterocycles. The van der Waals surface area contributed by atoms with Gasteiger partial charge in [-0.3, -0.25) is 0 Å². The lowest BCUT2D eigenvalue weighted by Gasteiger charge is -2.55. The number of unbranched alkanes of at least 4 members (excludes halogenated alkanes) is 4. The minimum absolute atomic E-state index is 0.278. The van der Waals surface area contributed by atoms with Crippen molar-refractivity contribution in [3.05, 3.63) is 144 Å². The van der Waals surface area contributed by atoms with Gasteiger partial charge in [0.2, 0.25) is 0 Å². The molecule has 1 fully saturated rings. The van der Waals surface area contributed by atoms with E-state index in [-0.39, 0.29) is 6.61 Å². The van der Waals surface area contributed by atoms with Gasteiger partial charge in [-0.1, -0.05) is 128 Å². The van der Waals surface area contributed by atoms with Gasteiger partial charge in [-0.25, -0.2) is 0 Å². The fourth-order valence-electron chi connectivity index (χ4n) is 7.45. The molecule has 1 aliphatic carbocycles. The quantitative estimate of drug-likeness (QED) is 0.0709. The predicted molar refractivity (Wildman–Crippen MR) is 205 cm³/mol. The zero-order chi connectivity index (χ0) is 36.0. The maximum Gasteiger partial charge on any atom is 0.152 e. The van der Waals surface area contributed by atoms with Crippen LogP contribution in [0.5, 0.6) is 0 Å². The summed E-state index contributed by atoms with van der Waals surface area (Å²) in [4.78, 5) is 3.44. The van der Waals surface area contributed by atoms with E-state index in [1.165, 1.54) is 0 Å². The number of para-hydroxylation sites is 1. The first kappa shape index (κ1) is 37.9. The van der Waals surface area contributed by atoms with E-state index >= 15 is 0 Å². The number of rotatable bonds is 20. The zero-order valence-electron chi connectivity index (χ0n) is 30.3. The number of aromatic amines is 1. The van der Waals surface area contributed by atoms with Gasteiger partial charge in [0.1, 0.15) is 30.5 Å². The van der Waals surface area contributed by atoms with Crippen LogP contribution in [-0.2, 0) is 49.1 Å². The largest absolute Gasteiger partial charge is 0.387 e. The van der Waals surface area contributed by atoms with Crippen LogP contribution in [0.4, 0.5) is 0 Å². The van der Waals surface area contributed by atoms with Crippen molar-refractivity contribution in [3.8, 4) is 0 Å². The normalized spacial score (nSPS) is 23.2. The molecular weight excluding hydrogens is 652 g/mol. The van der Waals surface area contributed by atoms with Gasteiger partial charge in [-0.05, 0) is 49.1 Å². The molecule has 276 valence electrons. The minimum Gasteiger partial charge on any atom is -0.387 e. The Balaban J connectivity index is 1.45. The number of hydrogen-bond donors (Lipinski definition) is 3. The number of benzene rings is 4. The maximum atomic E-state index is 13.0. The molecule has 1 aromatic heterocycles. The molecule has 52 heavy (non-hydrogen) atoms. The second-order valence-corrected chi connectivity index (χ2v) is 13.6. The fourth-order valence-corrected chi connectivity index (χ4v) is 7.45. The fraction of sp³-hybridized carbons (Fsp3) is 0.409. The lowest BCUT2D eigenvalue weighted by molar-refractivity contribution is -0.321. The molecule has 1 heterocycles. The first-order chi connectivity index (χ1) is 25.7. The van der Waals surface area contributed by atoms with E-state index in [0.717, 1.165) is 65.3 Å². The Morgan fingerprint density at radius 1 is 0.615 bits per heavy atom. The summed E-state index contributed by atoms with van der Waals surface area (Å²) in [6.45, 7) is 4.32. The van der Waals surface area contributed by atoms with Crippen molar-refractivity contribution in [1.82, 2.24) is 4.98 Å². The third kappa shape index (κ3) is 9.01. The Hall–Kier alpha value is -3.86. The van der Waals surface area contributed by atoms with Crippen LogP contribution in [0.15, 0.2) is 121 Å². The van der Waals surface area contributed by atoms with Crippen molar-refractivity contribution in [3.63, 3.8) is 0 Å². The smallest absolute Gasteiger partial charge is 0.152 e. The summed E-state index contributed by atoms with van der Waals surface area (Å²) >= 11 is 0. The summed E-state index contributed by atoms with van der Waals surface area (Å²) in [7, 11) is 0. The number of ether oxygens (including phenoxy) is 5. The van der Waals surface area contributed by atoms with Crippen molar-refractivity contribution in [2.45, 2.75) is 95.0 Å². The van der Waals surface area contributed by atoms with Gasteiger partial charge in [-0.15, -0.1) is 0 Å². The van der Waals surface area contributed by atoms with Crippen molar-refractivity contribution < 1.29 is 28.8 Å². The summed E-state index contributed by atoms with van der Waals surface area (Å²) in [5, 5.41) is 13.9. The number of fused-ring (bicyclic) bond motifs is 1. The highest BCUT2D eigenvalue weighted by Gasteiger charge is 2.64. The highest BCUT2D eigenvalue weighted by atomic mass is 16.6. The average molecular weight is 707 g/mol. The molecule has 8 nitrogen and oxygen atoms in total. The molecule has 6 unspecified atom stereocenters. The van der Waals surface area contributed by atoms with Gasteiger partial charge < -0.3 is 39.5 Å². The Bertz CT molecular complexity index is 1740. The lowest BCUT2D eigenvalue weighted by atomic mass is 9.70. The molecular formula is C44H54N2O6. The number of nitrogens with two attached hydrogens (primary N) is 1. The predicted octanol–water partition coefficient (Wildman–Crippen LogP) is 7.82. The minimum atomic E-state index is -1.39. The van der Waals surface area contributed by atoms with Crippen LogP contribution in [0.25, 0.3) is 10.9 Å². The molecule has 4 N–H and O–H groups in total. The highest BCUT2D eigenvalue weighted by molar-refractivity contribution is 5.84. The average Bonchev–Trinajstić information content (AvgIpc) is 3.63. The molecule has 5 aromatic rings. The summed E-state index contributed by atoms with van der Waals surface area (Å²) < 4.78 is 34.6. The number of aromatic nitrogens is 1. The van der Waals surface area contributed by atoms with E-state index < -0.39 is 36.1 Å². The van der Waals surface area contributed by atoms with Crippen molar-refractivity contribution in [1.29, 1.82) is 0 Å². The second-order valence-electron chi connectivity index (χ2n) is 13.6. The van der Waals surface area contributed by atoms with Crippen LogP contribution in [0.2, 0.25) is 0 Å². The summed E-state index contributed by atoms with van der Waals surface area (Å²) in [6.07, 6.45) is 2.80. The first-order valence-electron chi connectivity index (χ1n) is 18.8. The summed E-state index contributed by atoms with van der Waals surface area (Å²) in [6, 6.07) is 38.3. The van der Waals surface area contributed by atoms with Crippen LogP contribution in [0.3, 0.4) is 0 Å². The number of hydrogen-bond acceptors (Lipinski definition) is 7. The zero-order valence-corrected chi connectivity index (χ0v) is 30.3. The number of nitrogens with one attached hydrogen (secondary N) is 1. The first-order valence-corrected chi connectivity index (χ1v) is 18.8. The van der Waals surface area contributed by atoms with Crippen LogP contribution in [-0.4, -0.2) is 60.4 Å². The third-order valence-corrected chi connectivity index (χ3v) is 10.0. The number of aliphatic hydroxyl groups is 1. The molecule has 6 rings (SSSR count). The van der Waals surface area contributed by atoms with E-state index in [4.69, 9.17) is 29.4 Å². The van der Waals surface area contributed by atoms with E-state index in [9.17, 15) is 5.11 Å². The standard InChI is InChI=1S/C44H54N2O6/c1-2-52-44(37-29-46-38-26-16-15-25-36(37)38)42(47)40(48-28-18-5-3-4-17-27-45)39(49-30-33-19-9-6-10-20-33)41(50-31-34-21-11-7-12-22-34)43(44)51-32-35-23-13-8-14-24-35/h6-16,19-26,29,39-43,46-47H,2-5,17-18,27-28,30-32,45H2,1H3. The Kier molecular flexibility index (Phi) is 14.0. The van der Waals surface area contributed by atoms with Crippen LogP contribution >= 0.6 is 0 Å².